The number of esters is 1. The lowest BCUT2D eigenvalue weighted by Crippen LogP contribution is -2.14. The van der Waals surface area contributed by atoms with Crippen LogP contribution in [0.3, 0.4) is 0 Å². The van der Waals surface area contributed by atoms with Gasteiger partial charge in [0.2, 0.25) is 0 Å². The van der Waals surface area contributed by atoms with Crippen molar-refractivity contribution in [1.29, 1.82) is 0 Å². The summed E-state index contributed by atoms with van der Waals surface area (Å²) in [6.45, 7) is 1.96. The predicted molar refractivity (Wildman–Crippen MR) is 110 cm³/mol. The molecule has 3 rings (SSSR count). The first-order valence-corrected chi connectivity index (χ1v) is 8.89. The van der Waals surface area contributed by atoms with Crippen molar-refractivity contribution in [3.8, 4) is 11.5 Å². The molecule has 0 saturated carbocycles. The molecule has 30 heavy (non-hydrogen) atoms. The highest BCUT2D eigenvalue weighted by Gasteiger charge is 2.18. The number of hydrogen-bond donors (Lipinski definition) is 1. The van der Waals surface area contributed by atoms with E-state index >= 15 is 0 Å². The molecule has 0 aliphatic carbocycles. The number of carbonyl (C=O) groups is 2. The predicted octanol–water partition coefficient (Wildman–Crippen LogP) is 4.73. The summed E-state index contributed by atoms with van der Waals surface area (Å²) in [7, 11) is 1.15. The van der Waals surface area contributed by atoms with Gasteiger partial charge in [-0.25, -0.2) is 4.79 Å². The van der Waals surface area contributed by atoms with E-state index in [9.17, 15) is 19.7 Å². The number of benzene rings is 3. The first-order valence-electron chi connectivity index (χ1n) is 8.89. The molecule has 0 aromatic heterocycles. The average molecular weight is 406 g/mol. The molecule has 8 nitrogen and oxygen atoms in total. The zero-order chi connectivity index (χ0) is 21.7. The number of nitro benzene ring substituents is 1. The van der Waals surface area contributed by atoms with Gasteiger partial charge in [0.15, 0.2) is 0 Å². The molecule has 3 aromatic carbocycles. The van der Waals surface area contributed by atoms with Gasteiger partial charge < -0.3 is 14.8 Å². The van der Waals surface area contributed by atoms with Gasteiger partial charge in [0.05, 0.1) is 17.6 Å². The highest BCUT2D eigenvalue weighted by Crippen LogP contribution is 2.24. The van der Waals surface area contributed by atoms with Gasteiger partial charge >= 0.3 is 5.97 Å². The molecule has 0 aliphatic rings. The molecule has 8 heteroatoms. The number of rotatable bonds is 6. The number of ether oxygens (including phenoxy) is 2. The summed E-state index contributed by atoms with van der Waals surface area (Å²) in [5, 5.41) is 13.8. The highest BCUT2D eigenvalue weighted by molar-refractivity contribution is 6.06. The van der Waals surface area contributed by atoms with E-state index < -0.39 is 16.8 Å². The second kappa shape index (κ2) is 8.87. The highest BCUT2D eigenvalue weighted by atomic mass is 16.6. The van der Waals surface area contributed by atoms with Gasteiger partial charge in [-0.15, -0.1) is 0 Å². The standard InChI is InChI=1S/C22H18N2O6/c1-14-4-3-5-20(10-14)30-19-8-6-17(7-9-19)23-21(25)15-11-16(22(26)29-2)13-18(12-15)24(27)28/h3-13H,1-2H3,(H,23,25). The molecular weight excluding hydrogens is 388 g/mol. The van der Waals surface area contributed by atoms with Crippen molar-refractivity contribution in [2.24, 2.45) is 0 Å². The summed E-state index contributed by atoms with van der Waals surface area (Å²) >= 11 is 0. The number of nitrogens with zero attached hydrogens (tertiary/aromatic N) is 1. The minimum Gasteiger partial charge on any atom is -0.465 e. The van der Waals surface area contributed by atoms with Crippen molar-refractivity contribution >= 4 is 23.3 Å². The first kappa shape index (κ1) is 20.5. The lowest BCUT2D eigenvalue weighted by Gasteiger charge is -2.09. The number of anilines is 1. The van der Waals surface area contributed by atoms with Crippen LogP contribution < -0.4 is 10.1 Å². The molecule has 0 fully saturated rings. The van der Waals surface area contributed by atoms with E-state index in [4.69, 9.17) is 4.74 Å². The van der Waals surface area contributed by atoms with E-state index in [1.807, 2.05) is 31.2 Å². The smallest absolute Gasteiger partial charge is 0.338 e. The molecule has 152 valence electrons. The Labute approximate surface area is 172 Å². The van der Waals surface area contributed by atoms with Crippen LogP contribution >= 0.6 is 0 Å². The maximum Gasteiger partial charge on any atom is 0.338 e. The van der Waals surface area contributed by atoms with E-state index in [1.54, 1.807) is 24.3 Å². The van der Waals surface area contributed by atoms with E-state index in [0.29, 0.717) is 17.2 Å². The van der Waals surface area contributed by atoms with Crippen molar-refractivity contribution in [3.63, 3.8) is 0 Å². The molecule has 0 atom stereocenters. The summed E-state index contributed by atoms with van der Waals surface area (Å²) in [6, 6.07) is 17.6. The Hall–Kier alpha value is -4.20. The quantitative estimate of drug-likeness (QED) is 0.360. The number of carbonyl (C=O) groups excluding carboxylic acids is 2. The second-order valence-corrected chi connectivity index (χ2v) is 6.41. The molecule has 0 radical (unpaired) electrons. The van der Waals surface area contributed by atoms with Crippen molar-refractivity contribution in [1.82, 2.24) is 0 Å². The Morgan fingerprint density at radius 1 is 0.933 bits per heavy atom. The second-order valence-electron chi connectivity index (χ2n) is 6.41. The van der Waals surface area contributed by atoms with Gasteiger partial charge in [-0.1, -0.05) is 12.1 Å². The van der Waals surface area contributed by atoms with E-state index in [2.05, 4.69) is 10.1 Å². The van der Waals surface area contributed by atoms with Crippen LogP contribution in [0.15, 0.2) is 66.7 Å². The summed E-state index contributed by atoms with van der Waals surface area (Å²) in [6.07, 6.45) is 0. The Balaban J connectivity index is 1.76. The Morgan fingerprint density at radius 3 is 2.27 bits per heavy atom. The number of nitrogens with one attached hydrogen (secondary N) is 1. The Bertz CT molecular complexity index is 1110. The van der Waals surface area contributed by atoms with Crippen LogP contribution in [0.4, 0.5) is 11.4 Å². The lowest BCUT2D eigenvalue weighted by atomic mass is 10.1. The van der Waals surface area contributed by atoms with Gasteiger partial charge in [0.1, 0.15) is 11.5 Å². The summed E-state index contributed by atoms with van der Waals surface area (Å²) in [5.41, 5.74) is 1.02. The molecule has 0 spiro atoms. The minimum atomic E-state index is -0.773. The van der Waals surface area contributed by atoms with E-state index in [1.165, 1.54) is 6.07 Å². The van der Waals surface area contributed by atoms with Gasteiger partial charge in [0.25, 0.3) is 11.6 Å². The van der Waals surface area contributed by atoms with Crippen LogP contribution in [0.25, 0.3) is 0 Å². The minimum absolute atomic E-state index is 0.0373. The maximum atomic E-state index is 12.5. The van der Waals surface area contributed by atoms with Crippen LogP contribution in [0, 0.1) is 17.0 Å². The fourth-order valence-electron chi connectivity index (χ4n) is 2.71. The van der Waals surface area contributed by atoms with E-state index in [-0.39, 0.29) is 16.8 Å². The molecule has 1 amide bonds. The molecular formula is C22H18N2O6. The van der Waals surface area contributed by atoms with Crippen LogP contribution in [-0.2, 0) is 4.74 Å². The molecule has 0 heterocycles. The van der Waals surface area contributed by atoms with Crippen molar-refractivity contribution < 1.29 is 24.0 Å². The van der Waals surface area contributed by atoms with Crippen LogP contribution in [0.2, 0.25) is 0 Å². The normalized spacial score (nSPS) is 10.2. The zero-order valence-corrected chi connectivity index (χ0v) is 16.2. The van der Waals surface area contributed by atoms with Crippen molar-refractivity contribution in [3.05, 3.63) is 93.5 Å². The number of methoxy groups -OCH3 is 1. The number of hydrogen-bond acceptors (Lipinski definition) is 6. The van der Waals surface area contributed by atoms with Crippen molar-refractivity contribution in [2.75, 3.05) is 12.4 Å². The Kier molecular flexibility index (Phi) is 6.07. The largest absolute Gasteiger partial charge is 0.465 e. The SMILES string of the molecule is COC(=O)c1cc(C(=O)Nc2ccc(Oc3cccc(C)c3)cc2)cc([N+](=O)[O-])c1. The number of amides is 1. The summed E-state index contributed by atoms with van der Waals surface area (Å²) in [5.74, 6) is -0.0951. The van der Waals surface area contributed by atoms with E-state index in [0.717, 1.165) is 24.8 Å². The number of non-ortho nitro benzene ring substituents is 1. The van der Waals surface area contributed by atoms with Crippen LogP contribution in [-0.4, -0.2) is 23.9 Å². The third kappa shape index (κ3) is 4.99. The molecule has 0 saturated heterocycles. The first-order chi connectivity index (χ1) is 14.4. The zero-order valence-electron chi connectivity index (χ0n) is 16.2. The monoisotopic (exact) mass is 406 g/mol. The topological polar surface area (TPSA) is 108 Å². The molecule has 0 unspecified atom stereocenters. The molecule has 3 aromatic rings. The average Bonchev–Trinajstić information content (AvgIpc) is 2.74. The van der Waals surface area contributed by atoms with Crippen LogP contribution in [0.5, 0.6) is 11.5 Å². The fraction of sp³-hybridized carbons (Fsp3) is 0.0909. The third-order valence-corrected chi connectivity index (χ3v) is 4.15. The molecule has 0 aliphatic heterocycles. The van der Waals surface area contributed by atoms with Crippen LogP contribution in [0.1, 0.15) is 26.3 Å². The van der Waals surface area contributed by atoms with Gasteiger partial charge in [-0.05, 0) is 55.0 Å². The summed E-state index contributed by atoms with van der Waals surface area (Å²) in [4.78, 5) is 34.7. The fourth-order valence-corrected chi connectivity index (χ4v) is 2.71. The third-order valence-electron chi connectivity index (χ3n) is 4.15. The number of nitro groups is 1. The van der Waals surface area contributed by atoms with Gasteiger partial charge in [-0.2, -0.15) is 0 Å². The maximum absolute atomic E-state index is 12.5. The van der Waals surface area contributed by atoms with Crippen molar-refractivity contribution in [2.45, 2.75) is 6.92 Å². The molecule has 0 bridgehead atoms. The lowest BCUT2D eigenvalue weighted by molar-refractivity contribution is -0.384. The Morgan fingerprint density at radius 2 is 1.63 bits per heavy atom. The van der Waals surface area contributed by atoms with Gasteiger partial charge in [0, 0.05) is 23.4 Å². The molecule has 1 N–H and O–H groups in total. The summed E-state index contributed by atoms with van der Waals surface area (Å²) < 4.78 is 10.3. The van der Waals surface area contributed by atoms with Gasteiger partial charge in [-0.3, -0.25) is 14.9 Å². The number of aryl methyl sites for hydroxylation is 1.